The van der Waals surface area contributed by atoms with Gasteiger partial charge in [0, 0.05) is 93.1 Å². The maximum absolute atomic E-state index is 14.1. The number of hydrogen-bond donors (Lipinski definition) is 3. The first-order valence-electron chi connectivity index (χ1n) is 27.0. The zero-order valence-electron chi connectivity index (χ0n) is 43.8. The summed E-state index contributed by atoms with van der Waals surface area (Å²) in [4.78, 5) is 71.4. The number of aromatic nitrogens is 2. The van der Waals surface area contributed by atoms with Crippen molar-refractivity contribution >= 4 is 57.5 Å². The van der Waals surface area contributed by atoms with Gasteiger partial charge in [0.25, 0.3) is 5.91 Å². The van der Waals surface area contributed by atoms with Crippen LogP contribution in [0.2, 0.25) is 0 Å². The van der Waals surface area contributed by atoms with Gasteiger partial charge >= 0.3 is 6.03 Å². The molecule has 16 heteroatoms. The first kappa shape index (κ1) is 51.4. The lowest BCUT2D eigenvalue weighted by molar-refractivity contribution is -0.138. The van der Waals surface area contributed by atoms with E-state index < -0.39 is 6.03 Å². The summed E-state index contributed by atoms with van der Waals surface area (Å²) >= 11 is 1.76. The van der Waals surface area contributed by atoms with E-state index in [2.05, 4.69) is 80.5 Å². The number of nitrogens with one attached hydrogen (secondary N) is 3. The summed E-state index contributed by atoms with van der Waals surface area (Å²) in [6.07, 6.45) is 10.6. The molecule has 5 amide bonds. The molecule has 15 nitrogen and oxygen atoms in total. The Morgan fingerprint density at radius 2 is 1.58 bits per heavy atom. The van der Waals surface area contributed by atoms with Gasteiger partial charge < -0.3 is 29.9 Å². The number of aryl methyl sites for hydroxylation is 1. The van der Waals surface area contributed by atoms with Crippen molar-refractivity contribution in [3.8, 4) is 22.6 Å². The van der Waals surface area contributed by atoms with E-state index in [0.717, 1.165) is 113 Å². The average Bonchev–Trinajstić information content (AvgIpc) is 3.92. The van der Waals surface area contributed by atoms with Gasteiger partial charge in [-0.25, -0.2) is 14.8 Å². The number of carbonyl (C=O) groups is 4. The van der Waals surface area contributed by atoms with Gasteiger partial charge in [0.1, 0.15) is 23.1 Å². The zero-order valence-corrected chi connectivity index (χ0v) is 44.7. The van der Waals surface area contributed by atoms with Crippen LogP contribution in [-0.2, 0) is 16.1 Å². The van der Waals surface area contributed by atoms with Gasteiger partial charge in [-0.3, -0.25) is 29.5 Å². The Balaban J connectivity index is 0.684. The Labute approximate surface area is 439 Å². The number of hydrogen-bond acceptors (Lipinski definition) is 12. The molecule has 0 radical (unpaired) electrons. The van der Waals surface area contributed by atoms with Crippen molar-refractivity contribution in [2.45, 2.75) is 103 Å². The normalized spacial score (nSPS) is 21.2. The molecule has 3 aromatic carbocycles. The fourth-order valence-electron chi connectivity index (χ4n) is 12.6. The molecule has 10 rings (SSSR count). The van der Waals surface area contributed by atoms with Gasteiger partial charge in [-0.2, -0.15) is 0 Å². The lowest BCUT2D eigenvalue weighted by Crippen LogP contribution is -2.52. The number of thiophene rings is 1. The summed E-state index contributed by atoms with van der Waals surface area (Å²) in [5.41, 5.74) is 7.08. The molecular formula is C58H73N9O6S. The second kappa shape index (κ2) is 22.4. The van der Waals surface area contributed by atoms with Gasteiger partial charge in [-0.1, -0.05) is 24.3 Å². The molecule has 0 bridgehead atoms. The van der Waals surface area contributed by atoms with Crippen molar-refractivity contribution in [1.82, 2.24) is 35.3 Å². The number of urea groups is 1. The van der Waals surface area contributed by atoms with Gasteiger partial charge in [-0.05, 0) is 160 Å². The van der Waals surface area contributed by atoms with E-state index in [1.165, 1.54) is 64.8 Å². The predicted octanol–water partition coefficient (Wildman–Crippen LogP) is 9.55. The van der Waals surface area contributed by atoms with Gasteiger partial charge in [0.15, 0.2) is 0 Å². The van der Waals surface area contributed by atoms with Crippen LogP contribution in [0.25, 0.3) is 22.0 Å². The number of piperazine rings is 1. The SMILES string of the molecule is CNCc1ccccc1-c1csc([C@@H](C)Nc2nc(C)nc3cc(OC)c(C4CCC(C(=O)N5CCN(CC6CCC7(CC6)CCN(C(=O)c6ccc(OC)c(N8CCC(=O)NC8=O)c6)CC7)CC5)CC4)cc23)c1. The first-order valence-corrected chi connectivity index (χ1v) is 27.8. The highest BCUT2D eigenvalue weighted by Crippen LogP contribution is 2.47. The largest absolute Gasteiger partial charge is 0.496 e. The van der Waals surface area contributed by atoms with Crippen molar-refractivity contribution in [2.24, 2.45) is 17.3 Å². The van der Waals surface area contributed by atoms with E-state index in [9.17, 15) is 19.2 Å². The quantitative estimate of drug-likeness (QED) is 0.0972. The van der Waals surface area contributed by atoms with Crippen molar-refractivity contribution in [3.05, 3.63) is 93.4 Å². The molecule has 5 aromatic rings. The van der Waals surface area contributed by atoms with Crippen molar-refractivity contribution in [1.29, 1.82) is 0 Å². The molecular weight excluding hydrogens is 951 g/mol. The Hall–Kier alpha value is -6.10. The second-order valence-electron chi connectivity index (χ2n) is 21.6. The predicted molar refractivity (Wildman–Crippen MR) is 291 cm³/mol. The monoisotopic (exact) mass is 1020 g/mol. The van der Waals surface area contributed by atoms with E-state index in [-0.39, 0.29) is 48.1 Å². The maximum Gasteiger partial charge on any atom is 0.328 e. The van der Waals surface area contributed by atoms with E-state index in [4.69, 9.17) is 19.4 Å². The van der Waals surface area contributed by atoms with Crippen molar-refractivity contribution in [2.75, 3.05) is 83.8 Å². The summed E-state index contributed by atoms with van der Waals surface area (Å²) < 4.78 is 11.6. The number of ether oxygens (including phenoxy) is 2. The van der Waals surface area contributed by atoms with Crippen LogP contribution in [0, 0.1) is 24.2 Å². The molecule has 392 valence electrons. The fourth-order valence-corrected chi connectivity index (χ4v) is 13.5. The number of methoxy groups -OCH3 is 2. The highest BCUT2D eigenvalue weighted by atomic mass is 32.1. The smallest absolute Gasteiger partial charge is 0.328 e. The highest BCUT2D eigenvalue weighted by Gasteiger charge is 2.40. The third-order valence-electron chi connectivity index (χ3n) is 17.0. The molecule has 1 atom stereocenters. The Morgan fingerprint density at radius 1 is 0.838 bits per heavy atom. The molecule has 3 N–H and O–H groups in total. The number of imide groups is 1. The molecule has 5 aliphatic rings. The molecule has 1 spiro atoms. The number of amides is 5. The number of likely N-dealkylation sites (tertiary alicyclic amines) is 1. The van der Waals surface area contributed by atoms with Crippen LogP contribution in [0.15, 0.2) is 66.0 Å². The van der Waals surface area contributed by atoms with Crippen LogP contribution in [0.3, 0.4) is 0 Å². The number of piperidine rings is 1. The molecule has 3 aliphatic heterocycles. The van der Waals surface area contributed by atoms with E-state index in [1.54, 1.807) is 36.6 Å². The lowest BCUT2D eigenvalue weighted by Gasteiger charge is -2.47. The topological polar surface area (TPSA) is 162 Å². The minimum Gasteiger partial charge on any atom is -0.496 e. The molecule has 0 unspecified atom stereocenters. The fraction of sp³-hybridized carbons (Fsp3) is 0.517. The standard InChI is InChI=1S/C58H73N9O6S/c1-37(52-31-44(36-74-52)45-9-7-6-8-43(45)34-59-3)60-54-47-32-46(51(73-5)33-48(47)61-38(2)62-54)40-10-12-41(13-11-40)55(69)66-28-26-64(27-29-66)35-39-16-19-58(20-17-39)21-24-65(25-22-58)56(70)42-14-15-50(72-4)49(30-42)67-23-18-53(68)63-57(67)71/h6-9,14-15,30-33,36-37,39-41,59H,10-13,16-29,34-35H2,1-5H3,(H,60,61,62)(H,63,68,71)/t37-,40?,41?/m1/s1. The molecule has 2 saturated carbocycles. The van der Waals surface area contributed by atoms with Crippen LogP contribution in [0.5, 0.6) is 11.5 Å². The number of fused-ring (bicyclic) bond motifs is 1. The summed E-state index contributed by atoms with van der Waals surface area (Å²) in [7, 11) is 5.26. The molecule has 2 aromatic heterocycles. The number of anilines is 2. The van der Waals surface area contributed by atoms with E-state index >= 15 is 0 Å². The summed E-state index contributed by atoms with van der Waals surface area (Å²) in [6, 6.07) is 19.9. The number of nitrogens with zero attached hydrogens (tertiary/aromatic N) is 6. The molecule has 5 heterocycles. The van der Waals surface area contributed by atoms with Crippen molar-refractivity contribution in [3.63, 3.8) is 0 Å². The van der Waals surface area contributed by atoms with Crippen LogP contribution in [-0.4, -0.2) is 122 Å². The minimum atomic E-state index is -0.505. The third-order valence-corrected chi connectivity index (χ3v) is 18.1. The highest BCUT2D eigenvalue weighted by molar-refractivity contribution is 7.10. The summed E-state index contributed by atoms with van der Waals surface area (Å²) in [5.74, 6) is 3.83. The summed E-state index contributed by atoms with van der Waals surface area (Å²) in [5, 5.41) is 12.7. The van der Waals surface area contributed by atoms with Gasteiger partial charge in [0.05, 0.1) is 31.5 Å². The van der Waals surface area contributed by atoms with Crippen LogP contribution in [0.4, 0.5) is 16.3 Å². The molecule has 3 saturated heterocycles. The third kappa shape index (κ3) is 11.0. The number of carbonyl (C=O) groups excluding carboxylic acids is 4. The first-order chi connectivity index (χ1) is 35.9. The lowest BCUT2D eigenvalue weighted by atomic mass is 9.65. The van der Waals surface area contributed by atoms with E-state index in [1.807, 2.05) is 18.9 Å². The van der Waals surface area contributed by atoms with Crippen LogP contribution < -0.4 is 30.3 Å². The van der Waals surface area contributed by atoms with Gasteiger partial charge in [-0.15, -0.1) is 11.3 Å². The molecule has 2 aliphatic carbocycles. The number of benzene rings is 3. The van der Waals surface area contributed by atoms with Crippen LogP contribution in [0.1, 0.15) is 122 Å². The maximum atomic E-state index is 14.1. The van der Waals surface area contributed by atoms with E-state index in [0.29, 0.717) is 34.6 Å². The Bertz CT molecular complexity index is 2850. The minimum absolute atomic E-state index is 0.0339. The Morgan fingerprint density at radius 3 is 2.30 bits per heavy atom. The van der Waals surface area contributed by atoms with Gasteiger partial charge in [0.2, 0.25) is 11.8 Å². The second-order valence-corrected chi connectivity index (χ2v) is 22.5. The number of rotatable bonds is 14. The summed E-state index contributed by atoms with van der Waals surface area (Å²) in [6.45, 7) is 11.2. The average molecular weight is 1020 g/mol. The molecule has 5 fully saturated rings. The molecule has 74 heavy (non-hydrogen) atoms. The van der Waals surface area contributed by atoms with Crippen molar-refractivity contribution < 1.29 is 28.7 Å². The zero-order chi connectivity index (χ0) is 51.5. The Kier molecular flexibility index (Phi) is 15.6. The van der Waals surface area contributed by atoms with Crippen LogP contribution >= 0.6 is 11.3 Å².